The molecule has 7 N–H and O–H groups in total. The van der Waals surface area contributed by atoms with Crippen LogP contribution in [0.1, 0.15) is 10.4 Å². The fourth-order valence-corrected chi connectivity index (χ4v) is 0.622. The van der Waals surface area contributed by atoms with Crippen molar-refractivity contribution in [2.24, 2.45) is 0 Å². The van der Waals surface area contributed by atoms with E-state index in [1.54, 1.807) is 0 Å². The summed E-state index contributed by atoms with van der Waals surface area (Å²) in [5, 5.41) is 8.34. The first-order chi connectivity index (χ1) is 4.70. The van der Waals surface area contributed by atoms with Gasteiger partial charge < -0.3 is 21.5 Å². The van der Waals surface area contributed by atoms with E-state index in [0.717, 1.165) is 6.07 Å². The molecule has 6 heteroatoms. The molecular weight excluding hydrogens is 183 g/mol. The molecule has 0 aliphatic rings. The average Bonchev–Trinajstić information content (AvgIpc) is 1.88. The highest BCUT2D eigenvalue weighted by Crippen LogP contribution is 2.02. The number of hydrogen-bond donors (Lipinski definition) is 1. The van der Waals surface area contributed by atoms with Crippen LogP contribution in [0.4, 0.5) is 4.39 Å². The van der Waals surface area contributed by atoms with Gasteiger partial charge in [0.1, 0.15) is 5.82 Å². The fraction of sp³-hybridized carbons (Fsp3) is 0. The second-order valence-electron chi connectivity index (χ2n) is 1.82. The summed E-state index contributed by atoms with van der Waals surface area (Å²) in [5.41, 5.74) is -0.0278. The molecule has 0 fully saturated rings. The molecule has 0 aliphatic carbocycles. The van der Waals surface area contributed by atoms with Crippen molar-refractivity contribution in [2.75, 3.05) is 0 Å². The second kappa shape index (κ2) is 7.17. The first-order valence-electron chi connectivity index (χ1n) is 2.69. The molecule has 0 amide bonds. The number of aromatic carboxylic acids is 1. The minimum atomic E-state index is -1.11. The Labute approximate surface area is 73.4 Å². The Kier molecular flexibility index (Phi) is 9.67. The maximum Gasteiger partial charge on any atom is 0.335 e. The van der Waals surface area contributed by atoms with Gasteiger partial charge >= 0.3 is 5.97 Å². The van der Waals surface area contributed by atoms with E-state index in [4.69, 9.17) is 5.11 Å². The quantitative estimate of drug-likeness (QED) is 0.617. The molecule has 0 spiro atoms. The summed E-state index contributed by atoms with van der Waals surface area (Å²) >= 11 is 0. The summed E-state index contributed by atoms with van der Waals surface area (Å²) in [6.45, 7) is 0. The van der Waals surface area contributed by atoms with E-state index < -0.39 is 11.8 Å². The van der Waals surface area contributed by atoms with E-state index in [-0.39, 0.29) is 22.0 Å². The lowest BCUT2D eigenvalue weighted by Gasteiger charge is -1.91. The Morgan fingerprint density at radius 1 is 1.23 bits per heavy atom. The lowest BCUT2D eigenvalue weighted by atomic mass is 10.2. The Bertz CT molecular complexity index is 263. The molecule has 0 saturated carbocycles. The molecule has 1 aromatic carbocycles. The largest absolute Gasteiger partial charge is 0.478 e. The van der Waals surface area contributed by atoms with Crippen molar-refractivity contribution in [1.29, 1.82) is 0 Å². The van der Waals surface area contributed by atoms with Gasteiger partial charge in [0.05, 0.1) is 5.56 Å². The highest BCUT2D eigenvalue weighted by atomic mass is 19.1. The predicted octanol–water partition coefficient (Wildman–Crippen LogP) is -0.950. The highest BCUT2D eigenvalue weighted by Gasteiger charge is 2.01. The molecule has 0 radical (unpaired) electrons. The van der Waals surface area contributed by atoms with Gasteiger partial charge in [0, 0.05) is 0 Å². The van der Waals surface area contributed by atoms with Gasteiger partial charge in [-0.15, -0.1) is 0 Å². The molecule has 0 unspecified atom stereocenters. The van der Waals surface area contributed by atoms with Gasteiger partial charge in [0.15, 0.2) is 0 Å². The van der Waals surface area contributed by atoms with Crippen LogP contribution in [0.2, 0.25) is 0 Å². The van der Waals surface area contributed by atoms with Crippen LogP contribution in [-0.2, 0) is 0 Å². The van der Waals surface area contributed by atoms with Gasteiger partial charge in [-0.3, -0.25) is 0 Å². The van der Waals surface area contributed by atoms with Gasteiger partial charge in [-0.1, -0.05) is 6.07 Å². The predicted molar refractivity (Wildman–Crippen MR) is 44.2 cm³/mol. The molecular formula is C7H11FO5. The van der Waals surface area contributed by atoms with Crippen molar-refractivity contribution in [1.82, 2.24) is 0 Å². The van der Waals surface area contributed by atoms with Crippen LogP contribution >= 0.6 is 0 Å². The zero-order chi connectivity index (χ0) is 7.56. The first kappa shape index (κ1) is 17.5. The van der Waals surface area contributed by atoms with E-state index in [9.17, 15) is 9.18 Å². The zero-order valence-corrected chi connectivity index (χ0v) is 6.54. The lowest BCUT2D eigenvalue weighted by molar-refractivity contribution is 0.0696. The van der Waals surface area contributed by atoms with Crippen LogP contribution < -0.4 is 0 Å². The Morgan fingerprint density at radius 2 is 1.77 bits per heavy atom. The molecule has 0 aliphatic heterocycles. The lowest BCUT2D eigenvalue weighted by Crippen LogP contribution is -1.95. The summed E-state index contributed by atoms with van der Waals surface area (Å²) in [5.74, 6) is -1.64. The molecule has 13 heavy (non-hydrogen) atoms. The van der Waals surface area contributed by atoms with Crippen molar-refractivity contribution in [3.05, 3.63) is 35.6 Å². The van der Waals surface area contributed by atoms with Gasteiger partial charge in [-0.25, -0.2) is 9.18 Å². The molecule has 1 aromatic rings. The molecule has 76 valence electrons. The normalized spacial score (nSPS) is 7.15. The van der Waals surface area contributed by atoms with Gasteiger partial charge in [0.2, 0.25) is 0 Å². The standard InChI is InChI=1S/C7H5FO2.3H2O/c8-6-3-1-2-5(4-6)7(9)10;;;/h1-4H,(H,9,10);3*1H2. The van der Waals surface area contributed by atoms with Crippen LogP contribution in [-0.4, -0.2) is 27.5 Å². The maximum absolute atomic E-state index is 12.3. The number of carbonyl (C=O) groups is 1. The first-order valence-corrected chi connectivity index (χ1v) is 2.69. The van der Waals surface area contributed by atoms with Crippen molar-refractivity contribution >= 4 is 5.97 Å². The topological polar surface area (TPSA) is 132 Å². The van der Waals surface area contributed by atoms with E-state index in [0.29, 0.717) is 0 Å². The van der Waals surface area contributed by atoms with Crippen LogP contribution in [0, 0.1) is 5.82 Å². The third-order valence-corrected chi connectivity index (χ3v) is 1.07. The minimum absolute atomic E-state index is 0. The number of halogens is 1. The van der Waals surface area contributed by atoms with E-state index in [2.05, 4.69) is 0 Å². The molecule has 0 saturated heterocycles. The van der Waals surface area contributed by atoms with E-state index in [1.165, 1.54) is 18.2 Å². The number of benzene rings is 1. The third kappa shape index (κ3) is 4.86. The summed E-state index contributed by atoms with van der Waals surface area (Å²) in [7, 11) is 0. The van der Waals surface area contributed by atoms with Crippen LogP contribution in [0.5, 0.6) is 0 Å². The highest BCUT2D eigenvalue weighted by molar-refractivity contribution is 5.87. The molecule has 0 bridgehead atoms. The third-order valence-electron chi connectivity index (χ3n) is 1.07. The van der Waals surface area contributed by atoms with Crippen molar-refractivity contribution < 1.29 is 30.7 Å². The maximum atomic E-state index is 12.3. The molecule has 0 atom stereocenters. The number of carboxylic acid groups (broad SMARTS) is 1. The Morgan fingerprint density at radius 3 is 2.08 bits per heavy atom. The number of hydrogen-bond acceptors (Lipinski definition) is 1. The summed E-state index contributed by atoms with van der Waals surface area (Å²) < 4.78 is 12.3. The van der Waals surface area contributed by atoms with Gasteiger partial charge in [-0.05, 0) is 18.2 Å². The van der Waals surface area contributed by atoms with Crippen molar-refractivity contribution in [3.8, 4) is 0 Å². The van der Waals surface area contributed by atoms with E-state index >= 15 is 0 Å². The summed E-state index contributed by atoms with van der Waals surface area (Å²) in [6, 6.07) is 4.87. The van der Waals surface area contributed by atoms with Crippen LogP contribution in [0.3, 0.4) is 0 Å². The zero-order valence-electron chi connectivity index (χ0n) is 6.54. The van der Waals surface area contributed by atoms with Crippen LogP contribution in [0.15, 0.2) is 24.3 Å². The average molecular weight is 194 g/mol. The molecule has 0 aromatic heterocycles. The second-order valence-corrected chi connectivity index (χ2v) is 1.82. The Hall–Kier alpha value is -1.50. The van der Waals surface area contributed by atoms with Crippen molar-refractivity contribution in [2.45, 2.75) is 0 Å². The molecule has 1 rings (SSSR count). The van der Waals surface area contributed by atoms with Crippen molar-refractivity contribution in [3.63, 3.8) is 0 Å². The number of carboxylic acids is 1. The minimum Gasteiger partial charge on any atom is -0.478 e. The smallest absolute Gasteiger partial charge is 0.335 e. The summed E-state index contributed by atoms with van der Waals surface area (Å²) in [4.78, 5) is 10.2. The summed E-state index contributed by atoms with van der Waals surface area (Å²) in [6.07, 6.45) is 0. The molecule has 5 nitrogen and oxygen atoms in total. The van der Waals surface area contributed by atoms with Gasteiger partial charge in [-0.2, -0.15) is 0 Å². The Balaban J connectivity index is -0.000000333. The monoisotopic (exact) mass is 194 g/mol. The molecule has 0 heterocycles. The SMILES string of the molecule is O.O.O.O=C(O)c1cccc(F)c1. The fourth-order valence-electron chi connectivity index (χ4n) is 0.622. The van der Waals surface area contributed by atoms with E-state index in [1.807, 2.05) is 0 Å². The van der Waals surface area contributed by atoms with Crippen LogP contribution in [0.25, 0.3) is 0 Å². The van der Waals surface area contributed by atoms with Gasteiger partial charge in [0.25, 0.3) is 0 Å². The number of rotatable bonds is 1.